The number of pyridine rings is 1. The lowest BCUT2D eigenvalue weighted by atomic mass is 10.2. The molecule has 0 bridgehead atoms. The summed E-state index contributed by atoms with van der Waals surface area (Å²) in [5.74, 6) is -0.924. The van der Waals surface area contributed by atoms with Crippen molar-refractivity contribution >= 4 is 12.0 Å². The van der Waals surface area contributed by atoms with Gasteiger partial charge in [-0.2, -0.15) is 0 Å². The Bertz CT molecular complexity index is 668. The molecule has 0 aliphatic heterocycles. The minimum atomic E-state index is -1.07. The summed E-state index contributed by atoms with van der Waals surface area (Å²) in [6.45, 7) is 1.65. The van der Waals surface area contributed by atoms with Crippen LogP contribution in [0.5, 0.6) is 11.6 Å². The number of aryl methyl sites for hydroxylation is 1. The van der Waals surface area contributed by atoms with Crippen LogP contribution in [0.3, 0.4) is 0 Å². The number of rotatable bonds is 4. The number of carboxylic acid groups (broad SMARTS) is 1. The van der Waals surface area contributed by atoms with E-state index in [1.54, 1.807) is 31.2 Å². The number of hydrogen-bond donors (Lipinski definition) is 1. The van der Waals surface area contributed by atoms with Gasteiger partial charge < -0.3 is 9.84 Å². The molecule has 0 unspecified atom stereocenters. The van der Waals surface area contributed by atoms with Gasteiger partial charge in [-0.3, -0.25) is 0 Å². The predicted molar refractivity (Wildman–Crippen MR) is 72.1 cm³/mol. The van der Waals surface area contributed by atoms with Gasteiger partial charge in [0.05, 0.1) is 0 Å². The molecule has 1 aromatic heterocycles. The lowest BCUT2D eigenvalue weighted by Gasteiger charge is -2.08. The molecule has 5 heteroatoms. The normalized spacial score (nSPS) is 10.7. The zero-order valence-electron chi connectivity index (χ0n) is 10.7. The summed E-state index contributed by atoms with van der Waals surface area (Å²) in [7, 11) is 0. The van der Waals surface area contributed by atoms with E-state index in [0.717, 1.165) is 6.08 Å². The molecule has 102 valence electrons. The smallest absolute Gasteiger partial charge is 0.328 e. The fraction of sp³-hybridized carbons (Fsp3) is 0.0667. The van der Waals surface area contributed by atoms with Gasteiger partial charge in [0.15, 0.2) is 0 Å². The molecule has 4 nitrogen and oxygen atoms in total. The second kappa shape index (κ2) is 5.97. The molecule has 0 aliphatic rings. The summed E-state index contributed by atoms with van der Waals surface area (Å²) in [4.78, 5) is 14.5. The summed E-state index contributed by atoms with van der Waals surface area (Å²) in [5, 5.41) is 8.62. The van der Waals surface area contributed by atoms with Crippen LogP contribution in [0.15, 0.2) is 42.6 Å². The standard InChI is InChI=1S/C15H12FNO3/c1-10-4-6-12(9-13(10)16)20-15-11(3-2-8-17-15)5-7-14(18)19/h2-9H,1H3,(H,18,19)/b7-5+. The number of carbonyl (C=O) groups is 1. The van der Waals surface area contributed by atoms with Gasteiger partial charge in [0.2, 0.25) is 5.88 Å². The number of nitrogens with zero attached hydrogens (tertiary/aromatic N) is 1. The largest absolute Gasteiger partial charge is 0.478 e. The predicted octanol–water partition coefficient (Wildman–Crippen LogP) is 3.42. The third-order valence-corrected chi connectivity index (χ3v) is 2.56. The molecule has 0 saturated heterocycles. The molecule has 0 spiro atoms. The molecule has 0 radical (unpaired) electrons. The Balaban J connectivity index is 2.29. The molecule has 1 heterocycles. The van der Waals surface area contributed by atoms with Crippen molar-refractivity contribution in [2.24, 2.45) is 0 Å². The molecule has 1 aromatic carbocycles. The molecule has 2 rings (SSSR count). The van der Waals surface area contributed by atoms with Gasteiger partial charge in [0, 0.05) is 23.9 Å². The number of hydrogen-bond acceptors (Lipinski definition) is 3. The van der Waals surface area contributed by atoms with Gasteiger partial charge in [-0.05, 0) is 36.8 Å². The molecule has 0 saturated carbocycles. The van der Waals surface area contributed by atoms with Gasteiger partial charge in [-0.25, -0.2) is 14.2 Å². The van der Waals surface area contributed by atoms with E-state index < -0.39 is 5.97 Å². The highest BCUT2D eigenvalue weighted by atomic mass is 19.1. The van der Waals surface area contributed by atoms with Crippen LogP contribution in [0, 0.1) is 12.7 Å². The van der Waals surface area contributed by atoms with Crippen molar-refractivity contribution < 1.29 is 19.0 Å². The van der Waals surface area contributed by atoms with E-state index >= 15 is 0 Å². The van der Waals surface area contributed by atoms with Crippen LogP contribution >= 0.6 is 0 Å². The zero-order valence-corrected chi connectivity index (χ0v) is 10.7. The van der Waals surface area contributed by atoms with Crippen molar-refractivity contribution in [3.8, 4) is 11.6 Å². The van der Waals surface area contributed by atoms with Crippen LogP contribution < -0.4 is 4.74 Å². The molecule has 0 atom stereocenters. The SMILES string of the molecule is Cc1ccc(Oc2ncccc2/C=C/C(=O)O)cc1F. The molecule has 2 aromatic rings. The van der Waals surface area contributed by atoms with Crippen molar-refractivity contribution in [1.82, 2.24) is 4.98 Å². The fourth-order valence-electron chi connectivity index (χ4n) is 1.53. The Morgan fingerprint density at radius 1 is 1.40 bits per heavy atom. The first-order chi connectivity index (χ1) is 9.56. The summed E-state index contributed by atoms with van der Waals surface area (Å²) >= 11 is 0. The Morgan fingerprint density at radius 3 is 2.90 bits per heavy atom. The van der Waals surface area contributed by atoms with Gasteiger partial charge in [0.1, 0.15) is 11.6 Å². The van der Waals surface area contributed by atoms with Gasteiger partial charge in [0.25, 0.3) is 0 Å². The second-order valence-electron chi connectivity index (χ2n) is 4.08. The quantitative estimate of drug-likeness (QED) is 0.867. The number of halogens is 1. The highest BCUT2D eigenvalue weighted by Crippen LogP contribution is 2.25. The minimum absolute atomic E-state index is 0.216. The Morgan fingerprint density at radius 2 is 2.20 bits per heavy atom. The number of aromatic nitrogens is 1. The van der Waals surface area contributed by atoms with E-state index in [-0.39, 0.29) is 11.7 Å². The molecule has 20 heavy (non-hydrogen) atoms. The van der Waals surface area contributed by atoms with Crippen LogP contribution in [-0.4, -0.2) is 16.1 Å². The van der Waals surface area contributed by atoms with Crippen molar-refractivity contribution in [2.75, 3.05) is 0 Å². The first kappa shape index (κ1) is 13.7. The summed E-state index contributed by atoms with van der Waals surface area (Å²) in [6.07, 6.45) is 3.87. The number of aliphatic carboxylic acids is 1. The first-order valence-electron chi connectivity index (χ1n) is 5.86. The van der Waals surface area contributed by atoms with Gasteiger partial charge >= 0.3 is 5.97 Å². The van der Waals surface area contributed by atoms with Gasteiger partial charge in [-0.15, -0.1) is 0 Å². The van der Waals surface area contributed by atoms with Crippen LogP contribution in [0.1, 0.15) is 11.1 Å². The Kier molecular flexibility index (Phi) is 4.10. The van der Waals surface area contributed by atoms with Gasteiger partial charge in [-0.1, -0.05) is 6.07 Å². The summed E-state index contributed by atoms with van der Waals surface area (Å²) in [5.41, 5.74) is 1.01. The lowest BCUT2D eigenvalue weighted by molar-refractivity contribution is -0.131. The molecule has 0 aliphatic carbocycles. The Hall–Kier alpha value is -2.69. The lowest BCUT2D eigenvalue weighted by Crippen LogP contribution is -1.93. The Labute approximate surface area is 115 Å². The van der Waals surface area contributed by atoms with Crippen molar-refractivity contribution in [1.29, 1.82) is 0 Å². The first-order valence-corrected chi connectivity index (χ1v) is 5.86. The fourth-order valence-corrected chi connectivity index (χ4v) is 1.53. The van der Waals surface area contributed by atoms with Crippen LogP contribution in [0.4, 0.5) is 4.39 Å². The van der Waals surface area contributed by atoms with Crippen LogP contribution in [-0.2, 0) is 4.79 Å². The third kappa shape index (κ3) is 3.41. The highest BCUT2D eigenvalue weighted by Gasteiger charge is 2.06. The van der Waals surface area contributed by atoms with E-state index in [2.05, 4.69) is 4.98 Å². The van der Waals surface area contributed by atoms with E-state index in [1.165, 1.54) is 18.3 Å². The van der Waals surface area contributed by atoms with E-state index in [4.69, 9.17) is 9.84 Å². The zero-order chi connectivity index (χ0) is 14.5. The molecule has 0 amide bonds. The number of carboxylic acids is 1. The highest BCUT2D eigenvalue weighted by molar-refractivity contribution is 5.85. The maximum absolute atomic E-state index is 13.4. The van der Waals surface area contributed by atoms with Crippen molar-refractivity contribution in [3.63, 3.8) is 0 Å². The van der Waals surface area contributed by atoms with E-state index in [0.29, 0.717) is 16.9 Å². The maximum Gasteiger partial charge on any atom is 0.328 e. The van der Waals surface area contributed by atoms with E-state index in [1.807, 2.05) is 0 Å². The average molecular weight is 273 g/mol. The van der Waals surface area contributed by atoms with Crippen LogP contribution in [0.25, 0.3) is 6.08 Å². The average Bonchev–Trinajstić information content (AvgIpc) is 2.42. The van der Waals surface area contributed by atoms with Crippen molar-refractivity contribution in [2.45, 2.75) is 6.92 Å². The number of benzene rings is 1. The maximum atomic E-state index is 13.4. The molecular weight excluding hydrogens is 261 g/mol. The van der Waals surface area contributed by atoms with E-state index in [9.17, 15) is 9.18 Å². The summed E-state index contributed by atoms with van der Waals surface area (Å²) < 4.78 is 18.9. The second-order valence-corrected chi connectivity index (χ2v) is 4.08. The van der Waals surface area contributed by atoms with Crippen molar-refractivity contribution in [3.05, 3.63) is 59.5 Å². The summed E-state index contributed by atoms with van der Waals surface area (Å²) in [6, 6.07) is 7.79. The minimum Gasteiger partial charge on any atom is -0.478 e. The molecule has 0 fully saturated rings. The molecule has 1 N–H and O–H groups in total. The number of ether oxygens (including phenoxy) is 1. The monoisotopic (exact) mass is 273 g/mol. The topological polar surface area (TPSA) is 59.4 Å². The van der Waals surface area contributed by atoms with Crippen LogP contribution in [0.2, 0.25) is 0 Å². The molecular formula is C15H12FNO3. The third-order valence-electron chi connectivity index (χ3n) is 2.56.